The second-order valence-electron chi connectivity index (χ2n) is 3.97. The monoisotopic (exact) mass is 378 g/mol. The van der Waals surface area contributed by atoms with Gasteiger partial charge in [-0.1, -0.05) is 26.8 Å². The standard InChI is InChI=1S/C9H23N2O4P5/c1-6(14-2)9(13)10-7(5-15-20(17)18)3-4-8(12)11-19-16/h6-7,19H,3-5,16-18H2,1-2H3,(H,10,13)(H,11,12). The first-order chi connectivity index (χ1) is 9.40. The van der Waals surface area contributed by atoms with E-state index in [0.717, 1.165) is 0 Å². The fourth-order valence-corrected chi connectivity index (χ4v) is 2.88. The molecule has 20 heavy (non-hydrogen) atoms. The molecule has 2 N–H and O–H groups in total. The van der Waals surface area contributed by atoms with Crippen molar-refractivity contribution in [1.29, 1.82) is 0 Å². The molecule has 2 amide bonds. The van der Waals surface area contributed by atoms with E-state index in [1.807, 2.05) is 0 Å². The fourth-order valence-electron chi connectivity index (χ4n) is 1.25. The molecule has 0 aromatic rings. The van der Waals surface area contributed by atoms with Crippen LogP contribution in [0.4, 0.5) is 0 Å². The third-order valence-electron chi connectivity index (χ3n) is 2.43. The van der Waals surface area contributed by atoms with Crippen molar-refractivity contribution < 1.29 is 18.8 Å². The quantitative estimate of drug-likeness (QED) is 0.569. The van der Waals surface area contributed by atoms with Crippen LogP contribution in [0, 0.1) is 0 Å². The zero-order chi connectivity index (χ0) is 15.5. The molecule has 0 bridgehead atoms. The average molecular weight is 378 g/mol. The Hall–Kier alpha value is 1.01. The number of hydrogen-bond acceptors (Lipinski definition) is 4. The van der Waals surface area contributed by atoms with Crippen molar-refractivity contribution in [2.45, 2.75) is 31.9 Å². The van der Waals surface area contributed by atoms with E-state index in [2.05, 4.69) is 37.2 Å². The van der Waals surface area contributed by atoms with Crippen LogP contribution in [0.5, 0.6) is 0 Å². The molecule has 0 aliphatic rings. The molecule has 0 saturated carbocycles. The minimum absolute atomic E-state index is 0.0311. The lowest BCUT2D eigenvalue weighted by Gasteiger charge is -2.21. The van der Waals surface area contributed by atoms with E-state index in [0.29, 0.717) is 27.9 Å². The van der Waals surface area contributed by atoms with E-state index < -0.39 is 13.6 Å². The number of methoxy groups -OCH3 is 1. The van der Waals surface area contributed by atoms with Crippen LogP contribution in [0.2, 0.25) is 0 Å². The third kappa shape index (κ3) is 10.7. The summed E-state index contributed by atoms with van der Waals surface area (Å²) in [6, 6.07) is -0.204. The topological polar surface area (TPSA) is 76.7 Å². The minimum atomic E-state index is -0.661. The molecule has 0 aromatic heterocycles. The first-order valence-electron chi connectivity index (χ1n) is 5.90. The molecular weight excluding hydrogens is 355 g/mol. The number of carbonyl (C=O) groups is 2. The van der Waals surface area contributed by atoms with Gasteiger partial charge in [0.1, 0.15) is 6.10 Å². The van der Waals surface area contributed by atoms with Crippen LogP contribution in [0.15, 0.2) is 0 Å². The van der Waals surface area contributed by atoms with Crippen LogP contribution in [0.3, 0.4) is 0 Å². The maximum Gasteiger partial charge on any atom is 0.249 e. The van der Waals surface area contributed by atoms with E-state index in [4.69, 9.17) is 9.26 Å². The number of hydrogen-bond donors (Lipinski definition) is 2. The van der Waals surface area contributed by atoms with Gasteiger partial charge in [0.25, 0.3) is 0 Å². The van der Waals surface area contributed by atoms with E-state index in [9.17, 15) is 9.59 Å². The Morgan fingerprint density at radius 2 is 2.05 bits per heavy atom. The molecule has 0 aliphatic heterocycles. The summed E-state index contributed by atoms with van der Waals surface area (Å²) >= 11 is 0. The number of ether oxygens (including phenoxy) is 1. The number of rotatable bonds is 10. The number of nitrogens with one attached hydrogen (secondary N) is 2. The van der Waals surface area contributed by atoms with Crippen molar-refractivity contribution in [3.63, 3.8) is 0 Å². The first kappa shape index (κ1) is 21.0. The summed E-state index contributed by atoms with van der Waals surface area (Å²) in [7, 11) is 8.69. The van der Waals surface area contributed by atoms with Gasteiger partial charge in [-0.15, -0.1) is 0 Å². The molecular formula is C9H23N2O4P5. The Kier molecular flexibility index (Phi) is 13.2. The average Bonchev–Trinajstić information content (AvgIpc) is 2.40. The highest BCUT2D eigenvalue weighted by molar-refractivity contribution is 8.41. The Morgan fingerprint density at radius 3 is 2.55 bits per heavy atom. The van der Waals surface area contributed by atoms with Gasteiger partial charge in [-0.3, -0.25) is 9.59 Å². The number of amides is 2. The summed E-state index contributed by atoms with van der Waals surface area (Å²) in [6.07, 6.45) is 0.359. The largest absolute Gasteiger partial charge is 0.372 e. The van der Waals surface area contributed by atoms with Gasteiger partial charge in [-0.2, -0.15) is 0 Å². The van der Waals surface area contributed by atoms with E-state index in [-0.39, 0.29) is 17.9 Å². The Morgan fingerprint density at radius 1 is 1.40 bits per heavy atom. The van der Waals surface area contributed by atoms with Crippen LogP contribution < -0.4 is 10.4 Å². The van der Waals surface area contributed by atoms with Crippen molar-refractivity contribution in [3.8, 4) is 0 Å². The van der Waals surface area contributed by atoms with Gasteiger partial charge >= 0.3 is 0 Å². The molecule has 6 atom stereocenters. The van der Waals surface area contributed by atoms with E-state index >= 15 is 0 Å². The van der Waals surface area contributed by atoms with E-state index in [1.54, 1.807) is 6.92 Å². The predicted octanol–water partition coefficient (Wildman–Crippen LogP) is 1.78. The summed E-state index contributed by atoms with van der Waals surface area (Å²) in [6.45, 7) is 2.05. The molecule has 0 aliphatic carbocycles. The van der Waals surface area contributed by atoms with Crippen molar-refractivity contribution in [2.24, 2.45) is 0 Å². The molecule has 0 aromatic carbocycles. The lowest BCUT2D eigenvalue weighted by molar-refractivity contribution is -0.131. The number of carbonyl (C=O) groups excluding carboxylic acids is 2. The second-order valence-corrected chi connectivity index (χ2v) is 11.2. The SMILES string of the molecule is COC(C)C(=O)NC(CCC(=O)NPP)COP(P)P. The molecule has 0 radical (unpaired) electrons. The molecule has 0 spiro atoms. The molecule has 118 valence electrons. The summed E-state index contributed by atoms with van der Waals surface area (Å²) in [5, 5.41) is 5.56. The lowest BCUT2D eigenvalue weighted by Crippen LogP contribution is -2.43. The molecule has 6 nitrogen and oxygen atoms in total. The summed E-state index contributed by atoms with van der Waals surface area (Å²) in [5.41, 5.74) is 0. The van der Waals surface area contributed by atoms with Gasteiger partial charge in [0.15, 0.2) is 0 Å². The Labute approximate surface area is 130 Å². The van der Waals surface area contributed by atoms with Gasteiger partial charge in [-0.05, 0) is 21.8 Å². The zero-order valence-electron chi connectivity index (χ0n) is 11.6. The van der Waals surface area contributed by atoms with Gasteiger partial charge in [0.05, 0.1) is 20.2 Å². The van der Waals surface area contributed by atoms with Crippen molar-refractivity contribution in [1.82, 2.24) is 10.4 Å². The smallest absolute Gasteiger partial charge is 0.249 e. The molecule has 0 heterocycles. The highest BCUT2D eigenvalue weighted by atomic mass is 32.4. The maximum absolute atomic E-state index is 11.8. The van der Waals surface area contributed by atoms with E-state index in [1.165, 1.54) is 7.11 Å². The van der Waals surface area contributed by atoms with Crippen LogP contribution in [0.25, 0.3) is 0 Å². The second kappa shape index (κ2) is 12.5. The van der Waals surface area contributed by atoms with Crippen molar-refractivity contribution >= 4 is 54.5 Å². The first-order valence-corrected chi connectivity index (χ1v) is 13.2. The summed E-state index contributed by atoms with van der Waals surface area (Å²) in [4.78, 5) is 23.3. The van der Waals surface area contributed by atoms with Gasteiger partial charge in [-0.25, -0.2) is 0 Å². The normalized spacial score (nSPS) is 14.5. The molecule has 0 fully saturated rings. The lowest BCUT2D eigenvalue weighted by atomic mass is 10.1. The molecule has 6 unspecified atom stereocenters. The van der Waals surface area contributed by atoms with Crippen molar-refractivity contribution in [3.05, 3.63) is 0 Å². The van der Waals surface area contributed by atoms with Crippen LogP contribution in [0.1, 0.15) is 19.8 Å². The van der Waals surface area contributed by atoms with Crippen LogP contribution in [-0.4, -0.2) is 37.7 Å². The molecule has 11 heteroatoms. The molecule has 0 saturated heterocycles. The Balaban J connectivity index is 4.33. The van der Waals surface area contributed by atoms with Gasteiger partial charge in [0, 0.05) is 13.5 Å². The zero-order valence-corrected chi connectivity index (χ0v) is 16.9. The molecule has 0 rings (SSSR count). The Bertz CT molecular complexity index is 308. The van der Waals surface area contributed by atoms with Gasteiger partial charge in [0.2, 0.25) is 11.8 Å². The summed E-state index contributed by atoms with van der Waals surface area (Å²) in [5.74, 6) is -0.234. The minimum Gasteiger partial charge on any atom is -0.372 e. The maximum atomic E-state index is 11.8. The van der Waals surface area contributed by atoms with Crippen LogP contribution >= 0.6 is 42.7 Å². The van der Waals surface area contributed by atoms with Gasteiger partial charge < -0.3 is 19.7 Å². The fraction of sp³-hybridized carbons (Fsp3) is 0.778. The third-order valence-corrected chi connectivity index (χ3v) is 4.62. The van der Waals surface area contributed by atoms with Crippen molar-refractivity contribution in [2.75, 3.05) is 13.7 Å². The highest BCUT2D eigenvalue weighted by Crippen LogP contribution is 2.53. The highest BCUT2D eigenvalue weighted by Gasteiger charge is 2.18. The van der Waals surface area contributed by atoms with Crippen LogP contribution in [-0.2, 0) is 18.8 Å². The predicted molar refractivity (Wildman–Crippen MR) is 96.1 cm³/mol. The summed E-state index contributed by atoms with van der Waals surface area (Å²) < 4.78 is 10.5.